The third kappa shape index (κ3) is 5.78. The van der Waals surface area contributed by atoms with Crippen LogP contribution in [-0.4, -0.2) is 28.5 Å². The van der Waals surface area contributed by atoms with Gasteiger partial charge in [0.15, 0.2) is 0 Å². The second-order valence-corrected chi connectivity index (χ2v) is 5.22. The first-order valence-corrected chi connectivity index (χ1v) is 7.06. The predicted molar refractivity (Wildman–Crippen MR) is 81.4 cm³/mol. The fraction of sp³-hybridized carbons (Fsp3) is 0.312. The monoisotopic (exact) mass is 326 g/mol. The van der Waals surface area contributed by atoms with Crippen molar-refractivity contribution in [2.75, 3.05) is 11.9 Å². The highest BCUT2D eigenvalue weighted by molar-refractivity contribution is 5.45. The molecule has 0 aliphatic rings. The number of nitrogens with one attached hydrogen (secondary N) is 1. The average molecular weight is 326 g/mol. The van der Waals surface area contributed by atoms with Gasteiger partial charge in [0.2, 0.25) is 0 Å². The standard InChI is InChI=1S/C16H17F3N2O2/c17-16(18,19)9-14(22)10-20-13-5-3-4-12(8-13)11-21-7-2-1-6-15(21)23/h1-8,14,20,22H,9-11H2. The molecule has 0 saturated heterocycles. The molecule has 1 heterocycles. The molecule has 2 N–H and O–H groups in total. The SMILES string of the molecule is O=c1ccccn1Cc1cccc(NCC(O)CC(F)(F)F)c1. The van der Waals surface area contributed by atoms with Gasteiger partial charge in [-0.05, 0) is 23.8 Å². The number of benzene rings is 1. The molecule has 0 aliphatic carbocycles. The zero-order valence-electron chi connectivity index (χ0n) is 12.3. The van der Waals surface area contributed by atoms with Gasteiger partial charge in [-0.15, -0.1) is 0 Å². The van der Waals surface area contributed by atoms with Crippen molar-refractivity contribution in [1.29, 1.82) is 0 Å². The molecule has 7 heteroatoms. The Morgan fingerprint density at radius 3 is 2.65 bits per heavy atom. The first-order valence-electron chi connectivity index (χ1n) is 7.06. The van der Waals surface area contributed by atoms with E-state index < -0.39 is 18.7 Å². The first-order chi connectivity index (χ1) is 10.8. The third-order valence-electron chi connectivity index (χ3n) is 3.19. The highest BCUT2D eigenvalue weighted by Gasteiger charge is 2.30. The van der Waals surface area contributed by atoms with Crippen LogP contribution in [-0.2, 0) is 6.54 Å². The Morgan fingerprint density at radius 1 is 1.17 bits per heavy atom. The molecule has 0 bridgehead atoms. The molecule has 1 aromatic carbocycles. The molecule has 0 aliphatic heterocycles. The van der Waals surface area contributed by atoms with Gasteiger partial charge in [-0.3, -0.25) is 4.79 Å². The number of nitrogens with zero attached hydrogens (tertiary/aromatic N) is 1. The van der Waals surface area contributed by atoms with Crippen molar-refractivity contribution >= 4 is 5.69 Å². The molecule has 0 saturated carbocycles. The number of hydrogen-bond acceptors (Lipinski definition) is 3. The number of halogens is 3. The fourth-order valence-corrected chi connectivity index (χ4v) is 2.14. The van der Waals surface area contributed by atoms with Gasteiger partial charge in [-0.1, -0.05) is 18.2 Å². The van der Waals surface area contributed by atoms with Gasteiger partial charge in [0.05, 0.1) is 19.1 Å². The molecule has 124 valence electrons. The van der Waals surface area contributed by atoms with Crippen molar-refractivity contribution in [3.63, 3.8) is 0 Å². The quantitative estimate of drug-likeness (QED) is 0.858. The average Bonchev–Trinajstić information content (AvgIpc) is 2.46. The lowest BCUT2D eigenvalue weighted by molar-refractivity contribution is -0.151. The van der Waals surface area contributed by atoms with Crippen LogP contribution in [0.3, 0.4) is 0 Å². The molecular weight excluding hydrogens is 309 g/mol. The fourth-order valence-electron chi connectivity index (χ4n) is 2.14. The summed E-state index contributed by atoms with van der Waals surface area (Å²) in [6.07, 6.45) is -5.48. The van der Waals surface area contributed by atoms with Gasteiger partial charge in [0.25, 0.3) is 5.56 Å². The van der Waals surface area contributed by atoms with E-state index in [1.807, 2.05) is 6.07 Å². The van der Waals surface area contributed by atoms with Crippen molar-refractivity contribution in [3.05, 3.63) is 64.6 Å². The Kier molecular flexibility index (Phi) is 5.44. The lowest BCUT2D eigenvalue weighted by Gasteiger charge is -2.15. The van der Waals surface area contributed by atoms with Crippen molar-refractivity contribution in [2.24, 2.45) is 0 Å². The molecule has 0 amide bonds. The Morgan fingerprint density at radius 2 is 1.96 bits per heavy atom. The van der Waals surface area contributed by atoms with E-state index in [4.69, 9.17) is 0 Å². The molecule has 0 radical (unpaired) electrons. The van der Waals surface area contributed by atoms with Crippen molar-refractivity contribution < 1.29 is 18.3 Å². The third-order valence-corrected chi connectivity index (χ3v) is 3.19. The summed E-state index contributed by atoms with van der Waals surface area (Å²) in [5.74, 6) is 0. The second kappa shape index (κ2) is 7.32. The van der Waals surface area contributed by atoms with E-state index in [1.54, 1.807) is 36.5 Å². The highest BCUT2D eigenvalue weighted by atomic mass is 19.4. The summed E-state index contributed by atoms with van der Waals surface area (Å²) in [6.45, 7) is 0.161. The minimum Gasteiger partial charge on any atom is -0.391 e. The summed E-state index contributed by atoms with van der Waals surface area (Å²) >= 11 is 0. The molecule has 1 unspecified atom stereocenters. The van der Waals surface area contributed by atoms with E-state index in [0.29, 0.717) is 12.2 Å². The van der Waals surface area contributed by atoms with Gasteiger partial charge in [0.1, 0.15) is 0 Å². The van der Waals surface area contributed by atoms with Crippen LogP contribution >= 0.6 is 0 Å². The maximum atomic E-state index is 12.2. The van der Waals surface area contributed by atoms with Crippen LogP contribution in [0.2, 0.25) is 0 Å². The highest BCUT2D eigenvalue weighted by Crippen LogP contribution is 2.21. The van der Waals surface area contributed by atoms with Crippen LogP contribution < -0.4 is 10.9 Å². The number of pyridine rings is 1. The lowest BCUT2D eigenvalue weighted by atomic mass is 10.2. The van der Waals surface area contributed by atoms with Crippen LogP contribution in [0.15, 0.2) is 53.5 Å². The maximum absolute atomic E-state index is 12.2. The second-order valence-electron chi connectivity index (χ2n) is 5.22. The minimum absolute atomic E-state index is 0.133. The summed E-state index contributed by atoms with van der Waals surface area (Å²) in [5.41, 5.74) is 1.28. The van der Waals surface area contributed by atoms with Crippen LogP contribution in [0.4, 0.5) is 18.9 Å². The van der Waals surface area contributed by atoms with E-state index >= 15 is 0 Å². The first kappa shape index (κ1) is 17.1. The number of rotatable bonds is 6. The maximum Gasteiger partial charge on any atom is 0.391 e. The van der Waals surface area contributed by atoms with Crippen LogP contribution in [0.1, 0.15) is 12.0 Å². The molecule has 0 spiro atoms. The summed E-state index contributed by atoms with van der Waals surface area (Å²) in [6, 6.07) is 11.8. The molecule has 4 nitrogen and oxygen atoms in total. The summed E-state index contributed by atoms with van der Waals surface area (Å²) in [5, 5.41) is 12.1. The normalized spacial score (nSPS) is 12.9. The van der Waals surface area contributed by atoms with Crippen LogP contribution in [0, 0.1) is 0 Å². The number of aliphatic hydroxyl groups is 1. The van der Waals surface area contributed by atoms with Gasteiger partial charge in [-0.2, -0.15) is 13.2 Å². The minimum atomic E-state index is -4.39. The van der Waals surface area contributed by atoms with E-state index in [0.717, 1.165) is 5.56 Å². The molecule has 2 rings (SSSR count). The number of alkyl halides is 3. The Bertz CT molecular complexity index is 698. The number of aliphatic hydroxyl groups excluding tert-OH is 1. The molecular formula is C16H17F3N2O2. The zero-order valence-corrected chi connectivity index (χ0v) is 12.3. The molecule has 2 aromatic rings. The number of anilines is 1. The Hall–Kier alpha value is -2.28. The van der Waals surface area contributed by atoms with Gasteiger partial charge in [0, 0.05) is 24.5 Å². The van der Waals surface area contributed by atoms with Gasteiger partial charge in [-0.25, -0.2) is 0 Å². The molecule has 1 aromatic heterocycles. The zero-order chi connectivity index (χ0) is 16.9. The van der Waals surface area contributed by atoms with Crippen LogP contribution in [0.25, 0.3) is 0 Å². The van der Waals surface area contributed by atoms with E-state index in [2.05, 4.69) is 5.32 Å². The summed E-state index contributed by atoms with van der Waals surface area (Å²) in [4.78, 5) is 11.7. The van der Waals surface area contributed by atoms with E-state index in [1.165, 1.54) is 10.6 Å². The largest absolute Gasteiger partial charge is 0.391 e. The molecule has 0 fully saturated rings. The number of hydrogen-bond donors (Lipinski definition) is 2. The smallest absolute Gasteiger partial charge is 0.391 e. The van der Waals surface area contributed by atoms with Crippen LogP contribution in [0.5, 0.6) is 0 Å². The Balaban J connectivity index is 1.97. The predicted octanol–water partition coefficient (Wildman–Crippen LogP) is 2.62. The van der Waals surface area contributed by atoms with Gasteiger partial charge < -0.3 is 15.0 Å². The summed E-state index contributed by atoms with van der Waals surface area (Å²) in [7, 11) is 0. The van der Waals surface area contributed by atoms with Gasteiger partial charge >= 0.3 is 6.18 Å². The van der Waals surface area contributed by atoms with E-state index in [-0.39, 0.29) is 12.1 Å². The molecule has 23 heavy (non-hydrogen) atoms. The van der Waals surface area contributed by atoms with E-state index in [9.17, 15) is 23.1 Å². The summed E-state index contributed by atoms with van der Waals surface area (Å²) < 4.78 is 38.0. The molecule has 1 atom stereocenters. The Labute approximate surface area is 131 Å². The van der Waals surface area contributed by atoms with Crippen molar-refractivity contribution in [2.45, 2.75) is 25.2 Å². The number of aromatic nitrogens is 1. The topological polar surface area (TPSA) is 54.3 Å². The lowest BCUT2D eigenvalue weighted by Crippen LogP contribution is -2.26. The van der Waals surface area contributed by atoms with Crippen molar-refractivity contribution in [1.82, 2.24) is 4.57 Å². The van der Waals surface area contributed by atoms with Crippen molar-refractivity contribution in [3.8, 4) is 0 Å².